The summed E-state index contributed by atoms with van der Waals surface area (Å²) in [5.74, 6) is 1.82. The number of methoxy groups -OCH3 is 2. The molecular weight excluding hydrogens is 268 g/mol. The lowest BCUT2D eigenvalue weighted by molar-refractivity contribution is -0.133. The second-order valence-electron chi connectivity index (χ2n) is 5.33. The van der Waals surface area contributed by atoms with E-state index in [2.05, 4.69) is 5.32 Å². The number of carbonyl (C=O) groups excluding carboxylic acids is 1. The zero-order chi connectivity index (χ0) is 15.4. The van der Waals surface area contributed by atoms with Crippen molar-refractivity contribution in [3.63, 3.8) is 0 Å². The van der Waals surface area contributed by atoms with Crippen molar-refractivity contribution >= 4 is 5.91 Å². The van der Waals surface area contributed by atoms with Gasteiger partial charge in [0.05, 0.1) is 20.1 Å². The van der Waals surface area contributed by atoms with Crippen LogP contribution in [-0.4, -0.2) is 51.7 Å². The van der Waals surface area contributed by atoms with E-state index in [0.29, 0.717) is 6.54 Å². The van der Waals surface area contributed by atoms with E-state index in [9.17, 15) is 4.79 Å². The molecular formula is C16H24N2O3. The Kier molecular flexibility index (Phi) is 5.07. The number of hydrogen-bond acceptors (Lipinski definition) is 4. The highest BCUT2D eigenvalue weighted by molar-refractivity contribution is 5.80. The van der Waals surface area contributed by atoms with Crippen LogP contribution < -0.4 is 14.8 Å². The van der Waals surface area contributed by atoms with Gasteiger partial charge >= 0.3 is 0 Å². The average Bonchev–Trinajstić information content (AvgIpc) is 3.01. The number of hydrogen-bond donors (Lipinski definition) is 1. The molecule has 1 N–H and O–H groups in total. The third-order valence-corrected chi connectivity index (χ3v) is 4.22. The normalized spacial score (nSPS) is 21.1. The highest BCUT2D eigenvalue weighted by atomic mass is 16.5. The van der Waals surface area contributed by atoms with Crippen LogP contribution in [0, 0.1) is 5.92 Å². The molecule has 0 saturated carbocycles. The molecule has 1 amide bonds. The summed E-state index contributed by atoms with van der Waals surface area (Å²) in [5.41, 5.74) is 1.03. The quantitative estimate of drug-likeness (QED) is 0.893. The highest BCUT2D eigenvalue weighted by Gasteiger charge is 2.36. The summed E-state index contributed by atoms with van der Waals surface area (Å²) in [5, 5.41) is 3.33. The summed E-state index contributed by atoms with van der Waals surface area (Å²) in [6.07, 6.45) is 0. The fraction of sp³-hybridized carbons (Fsp3) is 0.562. The Morgan fingerprint density at radius 3 is 2.71 bits per heavy atom. The van der Waals surface area contributed by atoms with Crippen molar-refractivity contribution in [1.29, 1.82) is 0 Å². The lowest BCUT2D eigenvalue weighted by Crippen LogP contribution is -2.36. The van der Waals surface area contributed by atoms with Crippen molar-refractivity contribution in [2.75, 3.05) is 40.9 Å². The molecule has 1 heterocycles. The first-order valence-corrected chi connectivity index (χ1v) is 7.30. The maximum absolute atomic E-state index is 12.5. The van der Waals surface area contributed by atoms with Crippen LogP contribution >= 0.6 is 0 Å². The van der Waals surface area contributed by atoms with Gasteiger partial charge < -0.3 is 19.7 Å². The number of amides is 1. The largest absolute Gasteiger partial charge is 0.497 e. The Hall–Kier alpha value is -1.75. The molecule has 2 rings (SSSR count). The van der Waals surface area contributed by atoms with E-state index in [-0.39, 0.29) is 17.7 Å². The lowest BCUT2D eigenvalue weighted by Gasteiger charge is -2.25. The van der Waals surface area contributed by atoms with Gasteiger partial charge in [0.15, 0.2) is 0 Å². The summed E-state index contributed by atoms with van der Waals surface area (Å²) in [6, 6.07) is 5.75. The van der Waals surface area contributed by atoms with Crippen LogP contribution in [0.4, 0.5) is 0 Å². The Balaban J connectivity index is 2.33. The van der Waals surface area contributed by atoms with E-state index >= 15 is 0 Å². The number of nitrogens with one attached hydrogen (secondary N) is 1. The van der Waals surface area contributed by atoms with Crippen molar-refractivity contribution in [3.05, 3.63) is 23.8 Å². The van der Waals surface area contributed by atoms with E-state index in [1.165, 1.54) is 0 Å². The Morgan fingerprint density at radius 2 is 2.10 bits per heavy atom. The first-order chi connectivity index (χ1) is 10.1. The Labute approximate surface area is 126 Å². The maximum atomic E-state index is 12.5. The van der Waals surface area contributed by atoms with Crippen LogP contribution in [-0.2, 0) is 4.79 Å². The first-order valence-electron chi connectivity index (χ1n) is 7.30. The van der Waals surface area contributed by atoms with Crippen molar-refractivity contribution in [3.8, 4) is 11.5 Å². The van der Waals surface area contributed by atoms with Crippen LogP contribution in [0.3, 0.4) is 0 Å². The second kappa shape index (κ2) is 6.80. The summed E-state index contributed by atoms with van der Waals surface area (Å²) >= 11 is 0. The molecule has 116 valence electrons. The smallest absolute Gasteiger partial charge is 0.227 e. The molecule has 1 aliphatic rings. The van der Waals surface area contributed by atoms with E-state index in [1.807, 2.05) is 32.2 Å². The molecule has 0 radical (unpaired) electrons. The van der Waals surface area contributed by atoms with Crippen LogP contribution in [0.5, 0.6) is 11.5 Å². The van der Waals surface area contributed by atoms with Gasteiger partial charge in [-0.25, -0.2) is 0 Å². The SMILES string of the molecule is CCN(C)C(=O)C1CNCC1c1cc(OC)ccc1OC. The fourth-order valence-electron chi connectivity index (χ4n) is 2.83. The molecule has 5 heteroatoms. The molecule has 1 aliphatic heterocycles. The van der Waals surface area contributed by atoms with Crippen LogP contribution in [0.2, 0.25) is 0 Å². The third-order valence-electron chi connectivity index (χ3n) is 4.22. The summed E-state index contributed by atoms with van der Waals surface area (Å²) in [4.78, 5) is 14.3. The number of rotatable bonds is 5. The Bertz CT molecular complexity index is 504. The molecule has 1 saturated heterocycles. The molecule has 0 aliphatic carbocycles. The Morgan fingerprint density at radius 1 is 1.33 bits per heavy atom. The topological polar surface area (TPSA) is 50.8 Å². The van der Waals surface area contributed by atoms with Gasteiger partial charge in [0, 0.05) is 38.2 Å². The molecule has 2 unspecified atom stereocenters. The summed E-state index contributed by atoms with van der Waals surface area (Å²) < 4.78 is 10.8. The zero-order valence-corrected chi connectivity index (χ0v) is 13.2. The standard InChI is InChI=1S/C16H24N2O3/c1-5-18(2)16(19)14-10-17-9-13(14)12-8-11(20-3)6-7-15(12)21-4/h6-8,13-14,17H,5,9-10H2,1-4H3. The maximum Gasteiger partial charge on any atom is 0.227 e. The molecule has 0 spiro atoms. The molecule has 0 bridgehead atoms. The molecule has 0 aromatic heterocycles. The van der Waals surface area contributed by atoms with E-state index < -0.39 is 0 Å². The minimum atomic E-state index is -0.0593. The van der Waals surface area contributed by atoms with Crippen LogP contribution in [0.1, 0.15) is 18.4 Å². The van der Waals surface area contributed by atoms with Crippen molar-refractivity contribution in [2.45, 2.75) is 12.8 Å². The van der Waals surface area contributed by atoms with Gasteiger partial charge in [-0.3, -0.25) is 4.79 Å². The van der Waals surface area contributed by atoms with Crippen molar-refractivity contribution < 1.29 is 14.3 Å². The van der Waals surface area contributed by atoms with E-state index in [1.54, 1.807) is 19.1 Å². The van der Waals surface area contributed by atoms with Crippen molar-refractivity contribution in [1.82, 2.24) is 10.2 Å². The predicted molar refractivity (Wildman–Crippen MR) is 82.0 cm³/mol. The molecule has 1 fully saturated rings. The molecule has 1 aromatic rings. The zero-order valence-electron chi connectivity index (χ0n) is 13.2. The monoisotopic (exact) mass is 292 g/mol. The number of carbonyl (C=O) groups is 1. The van der Waals surface area contributed by atoms with Gasteiger partial charge in [-0.05, 0) is 25.1 Å². The van der Waals surface area contributed by atoms with Gasteiger partial charge in [-0.15, -0.1) is 0 Å². The van der Waals surface area contributed by atoms with Gasteiger partial charge in [-0.2, -0.15) is 0 Å². The number of ether oxygens (including phenoxy) is 2. The van der Waals surface area contributed by atoms with E-state index in [4.69, 9.17) is 9.47 Å². The summed E-state index contributed by atoms with van der Waals surface area (Å²) in [7, 11) is 5.15. The van der Waals surface area contributed by atoms with Crippen LogP contribution in [0.25, 0.3) is 0 Å². The minimum absolute atomic E-state index is 0.0593. The summed E-state index contributed by atoms with van der Waals surface area (Å²) in [6.45, 7) is 4.18. The van der Waals surface area contributed by atoms with Gasteiger partial charge in [0.1, 0.15) is 11.5 Å². The van der Waals surface area contributed by atoms with Gasteiger partial charge in [-0.1, -0.05) is 0 Å². The van der Waals surface area contributed by atoms with Crippen LogP contribution in [0.15, 0.2) is 18.2 Å². The highest BCUT2D eigenvalue weighted by Crippen LogP contribution is 2.37. The number of nitrogens with zero attached hydrogens (tertiary/aromatic N) is 1. The average molecular weight is 292 g/mol. The second-order valence-corrected chi connectivity index (χ2v) is 5.33. The molecule has 5 nitrogen and oxygen atoms in total. The minimum Gasteiger partial charge on any atom is -0.497 e. The molecule has 2 atom stereocenters. The fourth-order valence-corrected chi connectivity index (χ4v) is 2.83. The molecule has 1 aromatic carbocycles. The van der Waals surface area contributed by atoms with Crippen molar-refractivity contribution in [2.24, 2.45) is 5.92 Å². The lowest BCUT2D eigenvalue weighted by atomic mass is 9.87. The first kappa shape index (κ1) is 15.6. The predicted octanol–water partition coefficient (Wildman–Crippen LogP) is 1.49. The number of benzene rings is 1. The van der Waals surface area contributed by atoms with Gasteiger partial charge in [0.2, 0.25) is 5.91 Å². The third kappa shape index (κ3) is 3.13. The van der Waals surface area contributed by atoms with Gasteiger partial charge in [0.25, 0.3) is 0 Å². The molecule has 21 heavy (non-hydrogen) atoms. The van der Waals surface area contributed by atoms with E-state index in [0.717, 1.165) is 30.2 Å².